The van der Waals surface area contributed by atoms with Crippen molar-refractivity contribution in [2.24, 2.45) is 0 Å². The molecular formula is C13H19BrClNO. The van der Waals surface area contributed by atoms with Crippen LogP contribution in [0.3, 0.4) is 0 Å². The number of likely N-dealkylation sites (N-methyl/N-ethyl adjacent to an activating group) is 1. The molecule has 17 heavy (non-hydrogen) atoms. The first-order chi connectivity index (χ1) is 8.19. The fourth-order valence-corrected chi connectivity index (χ4v) is 2.03. The molecule has 0 aliphatic rings. The summed E-state index contributed by atoms with van der Waals surface area (Å²) in [5.74, 6) is 0. The van der Waals surface area contributed by atoms with E-state index in [-0.39, 0.29) is 6.04 Å². The third-order valence-electron chi connectivity index (χ3n) is 2.43. The molecule has 0 amide bonds. The number of ether oxygens (including phenoxy) is 1. The first-order valence-corrected chi connectivity index (χ1v) is 7.12. The van der Waals surface area contributed by atoms with Gasteiger partial charge in [-0.2, -0.15) is 0 Å². The second-order valence-electron chi connectivity index (χ2n) is 3.86. The number of benzene rings is 1. The van der Waals surface area contributed by atoms with Crippen molar-refractivity contribution < 1.29 is 4.74 Å². The zero-order chi connectivity index (χ0) is 12.7. The van der Waals surface area contributed by atoms with Crippen LogP contribution in [0.2, 0.25) is 5.02 Å². The Kier molecular flexibility index (Phi) is 7.12. The molecule has 1 rings (SSSR count). The maximum absolute atomic E-state index is 6.10. The molecule has 0 aliphatic heterocycles. The summed E-state index contributed by atoms with van der Waals surface area (Å²) in [5, 5.41) is 4.14. The summed E-state index contributed by atoms with van der Waals surface area (Å²) in [6, 6.07) is 6.23. The highest BCUT2D eigenvalue weighted by molar-refractivity contribution is 9.10. The molecule has 1 aromatic rings. The Labute approximate surface area is 117 Å². The Hall–Kier alpha value is -0.0900. The Bertz CT molecular complexity index is 346. The van der Waals surface area contributed by atoms with Gasteiger partial charge in [-0.25, -0.2) is 0 Å². The van der Waals surface area contributed by atoms with E-state index < -0.39 is 0 Å². The highest BCUT2D eigenvalue weighted by Gasteiger charge is 2.11. The van der Waals surface area contributed by atoms with Crippen molar-refractivity contribution >= 4 is 27.5 Å². The number of hydrogen-bond donors (Lipinski definition) is 1. The van der Waals surface area contributed by atoms with Gasteiger partial charge in [-0.1, -0.05) is 31.5 Å². The molecule has 0 aromatic heterocycles. The van der Waals surface area contributed by atoms with Crippen molar-refractivity contribution in [2.75, 3.05) is 19.8 Å². The zero-order valence-electron chi connectivity index (χ0n) is 10.3. The van der Waals surface area contributed by atoms with Crippen LogP contribution in [-0.4, -0.2) is 19.8 Å². The van der Waals surface area contributed by atoms with Crippen LogP contribution in [-0.2, 0) is 4.74 Å². The summed E-state index contributed by atoms with van der Waals surface area (Å²) >= 11 is 9.50. The number of nitrogens with one attached hydrogen (secondary N) is 1. The van der Waals surface area contributed by atoms with Crippen molar-refractivity contribution in [3.05, 3.63) is 33.3 Å². The minimum Gasteiger partial charge on any atom is -0.379 e. The molecule has 0 aliphatic carbocycles. The third-order valence-corrected chi connectivity index (χ3v) is 3.66. The average Bonchev–Trinajstić information content (AvgIpc) is 2.32. The predicted molar refractivity (Wildman–Crippen MR) is 76.7 cm³/mol. The monoisotopic (exact) mass is 319 g/mol. The van der Waals surface area contributed by atoms with Gasteiger partial charge in [0.2, 0.25) is 0 Å². The number of hydrogen-bond acceptors (Lipinski definition) is 2. The van der Waals surface area contributed by atoms with Crippen LogP contribution in [0.25, 0.3) is 0 Å². The van der Waals surface area contributed by atoms with E-state index in [1.165, 1.54) is 0 Å². The first kappa shape index (κ1) is 15.0. The Morgan fingerprint density at radius 1 is 1.41 bits per heavy atom. The third kappa shape index (κ3) is 4.96. The van der Waals surface area contributed by atoms with Gasteiger partial charge in [0.05, 0.1) is 17.7 Å². The van der Waals surface area contributed by atoms with Gasteiger partial charge >= 0.3 is 0 Å². The van der Waals surface area contributed by atoms with Gasteiger partial charge in [0.1, 0.15) is 0 Å². The van der Waals surface area contributed by atoms with Gasteiger partial charge < -0.3 is 10.1 Å². The fourth-order valence-electron chi connectivity index (χ4n) is 1.59. The summed E-state index contributed by atoms with van der Waals surface area (Å²) < 4.78 is 6.53. The maximum Gasteiger partial charge on any atom is 0.0661 e. The lowest BCUT2D eigenvalue weighted by atomic mass is 10.1. The summed E-state index contributed by atoms with van der Waals surface area (Å²) in [4.78, 5) is 0. The molecule has 0 bridgehead atoms. The summed E-state index contributed by atoms with van der Waals surface area (Å²) in [6.07, 6.45) is 1.04. The molecule has 96 valence electrons. The largest absolute Gasteiger partial charge is 0.379 e. The van der Waals surface area contributed by atoms with Crippen molar-refractivity contribution in [3.63, 3.8) is 0 Å². The molecular weight excluding hydrogens is 302 g/mol. The van der Waals surface area contributed by atoms with Crippen molar-refractivity contribution in [2.45, 2.75) is 26.3 Å². The molecule has 0 spiro atoms. The standard InChI is InChI=1S/C13H19BrClNO/c1-3-7-17-9-13(16-4-2)10-5-6-11(14)12(15)8-10/h5-6,8,13,16H,3-4,7,9H2,1-2H3. The van der Waals surface area contributed by atoms with Gasteiger partial charge in [0, 0.05) is 11.1 Å². The average molecular weight is 321 g/mol. The smallest absolute Gasteiger partial charge is 0.0661 e. The van der Waals surface area contributed by atoms with E-state index in [1.807, 2.05) is 12.1 Å². The van der Waals surface area contributed by atoms with Crippen LogP contribution in [0.5, 0.6) is 0 Å². The molecule has 1 N–H and O–H groups in total. The maximum atomic E-state index is 6.10. The van der Waals surface area contributed by atoms with E-state index in [2.05, 4.69) is 41.2 Å². The lowest BCUT2D eigenvalue weighted by Gasteiger charge is -2.19. The molecule has 0 radical (unpaired) electrons. The quantitative estimate of drug-likeness (QED) is 0.761. The minimum absolute atomic E-state index is 0.206. The van der Waals surface area contributed by atoms with Crippen LogP contribution in [0, 0.1) is 0 Å². The zero-order valence-corrected chi connectivity index (χ0v) is 12.6. The van der Waals surface area contributed by atoms with Gasteiger partial charge in [0.25, 0.3) is 0 Å². The topological polar surface area (TPSA) is 21.3 Å². The molecule has 0 heterocycles. The number of rotatable bonds is 7. The lowest BCUT2D eigenvalue weighted by Crippen LogP contribution is -2.25. The van der Waals surface area contributed by atoms with E-state index >= 15 is 0 Å². The SMILES string of the molecule is CCCOCC(NCC)c1ccc(Br)c(Cl)c1. The second kappa shape index (κ2) is 8.09. The van der Waals surface area contributed by atoms with Crippen LogP contribution >= 0.6 is 27.5 Å². The molecule has 1 atom stereocenters. The molecule has 2 nitrogen and oxygen atoms in total. The molecule has 1 unspecified atom stereocenters. The molecule has 4 heteroatoms. The van der Waals surface area contributed by atoms with E-state index in [0.29, 0.717) is 6.61 Å². The van der Waals surface area contributed by atoms with Gasteiger partial charge in [-0.15, -0.1) is 0 Å². The van der Waals surface area contributed by atoms with Gasteiger partial charge in [-0.3, -0.25) is 0 Å². The summed E-state index contributed by atoms with van der Waals surface area (Å²) in [7, 11) is 0. The van der Waals surface area contributed by atoms with Crippen LogP contribution in [0.4, 0.5) is 0 Å². The Morgan fingerprint density at radius 3 is 2.76 bits per heavy atom. The van der Waals surface area contributed by atoms with Crippen LogP contribution < -0.4 is 5.32 Å². The van der Waals surface area contributed by atoms with E-state index in [9.17, 15) is 0 Å². The fraction of sp³-hybridized carbons (Fsp3) is 0.538. The van der Waals surface area contributed by atoms with Gasteiger partial charge in [-0.05, 0) is 46.6 Å². The normalized spacial score (nSPS) is 12.7. The Balaban J connectivity index is 2.70. The van der Waals surface area contributed by atoms with Crippen LogP contribution in [0.15, 0.2) is 22.7 Å². The molecule has 0 saturated heterocycles. The summed E-state index contributed by atoms with van der Waals surface area (Å²) in [6.45, 7) is 6.59. The van der Waals surface area contributed by atoms with E-state index in [0.717, 1.165) is 34.6 Å². The van der Waals surface area contributed by atoms with Crippen LogP contribution in [0.1, 0.15) is 31.9 Å². The second-order valence-corrected chi connectivity index (χ2v) is 5.12. The first-order valence-electron chi connectivity index (χ1n) is 5.95. The van der Waals surface area contributed by atoms with E-state index in [4.69, 9.17) is 16.3 Å². The van der Waals surface area contributed by atoms with Gasteiger partial charge in [0.15, 0.2) is 0 Å². The summed E-state index contributed by atoms with van der Waals surface area (Å²) in [5.41, 5.74) is 1.16. The minimum atomic E-state index is 0.206. The molecule has 0 saturated carbocycles. The Morgan fingerprint density at radius 2 is 2.18 bits per heavy atom. The molecule has 1 aromatic carbocycles. The highest BCUT2D eigenvalue weighted by atomic mass is 79.9. The predicted octanol–water partition coefficient (Wildman–Crippen LogP) is 4.18. The number of halogens is 2. The lowest BCUT2D eigenvalue weighted by molar-refractivity contribution is 0.112. The van der Waals surface area contributed by atoms with Crippen molar-refractivity contribution in [1.29, 1.82) is 0 Å². The molecule has 0 fully saturated rings. The van der Waals surface area contributed by atoms with Crippen molar-refractivity contribution in [1.82, 2.24) is 5.32 Å². The highest BCUT2D eigenvalue weighted by Crippen LogP contribution is 2.26. The van der Waals surface area contributed by atoms with E-state index in [1.54, 1.807) is 0 Å². The van der Waals surface area contributed by atoms with Crippen molar-refractivity contribution in [3.8, 4) is 0 Å².